The summed E-state index contributed by atoms with van der Waals surface area (Å²) >= 11 is 0. The molecule has 4 rings (SSSR count). The van der Waals surface area contributed by atoms with Gasteiger partial charge in [-0.15, -0.1) is 0 Å². The van der Waals surface area contributed by atoms with Crippen LogP contribution in [-0.2, 0) is 0 Å². The van der Waals surface area contributed by atoms with E-state index in [9.17, 15) is 0 Å². The smallest absolute Gasteiger partial charge is 0.0644 e. The van der Waals surface area contributed by atoms with Crippen LogP contribution >= 0.6 is 0 Å². The Morgan fingerprint density at radius 3 is 1.35 bits per heavy atom. The highest BCUT2D eigenvalue weighted by molar-refractivity contribution is 6.89. The van der Waals surface area contributed by atoms with Crippen LogP contribution in [0.4, 0.5) is 0 Å². The third kappa shape index (κ3) is 3.10. The van der Waals surface area contributed by atoms with E-state index < -0.39 is 16.1 Å². The molecule has 0 unspecified atom stereocenters. The Morgan fingerprint density at radius 1 is 0.538 bits per heavy atom. The van der Waals surface area contributed by atoms with Crippen molar-refractivity contribution in [2.75, 3.05) is 0 Å². The largest absolute Gasteiger partial charge is 0.0752 e. The molecule has 0 spiro atoms. The van der Waals surface area contributed by atoms with Gasteiger partial charge < -0.3 is 0 Å². The van der Waals surface area contributed by atoms with Crippen LogP contribution in [0.15, 0.2) is 60.7 Å². The van der Waals surface area contributed by atoms with E-state index in [1.807, 2.05) is 0 Å². The quantitative estimate of drug-likeness (QED) is 0.507. The average Bonchev–Trinajstić information content (AvgIpc) is 3.25. The summed E-state index contributed by atoms with van der Waals surface area (Å²) in [6, 6.07) is 20.5. The Balaban J connectivity index is 1.50. The van der Waals surface area contributed by atoms with Crippen molar-refractivity contribution in [2.24, 2.45) is 0 Å². The minimum atomic E-state index is -1.45. The second-order valence-electron chi connectivity index (χ2n) is 8.94. The molecule has 0 bridgehead atoms. The molecule has 2 radical (unpaired) electrons. The molecule has 0 fully saturated rings. The molecule has 0 amide bonds. The fourth-order valence-corrected chi connectivity index (χ4v) is 12.9. The molecule has 2 aromatic rings. The van der Waals surface area contributed by atoms with Gasteiger partial charge in [0, 0.05) is 11.1 Å². The summed E-state index contributed by atoms with van der Waals surface area (Å²) < 4.78 is 0. The van der Waals surface area contributed by atoms with E-state index in [4.69, 9.17) is 0 Å². The molecule has 0 nitrogen and oxygen atoms in total. The molecule has 0 atom stereocenters. The fraction of sp³-hybridized carbons (Fsp3) is 0.250. The first-order valence-corrected chi connectivity index (χ1v) is 16.1. The summed E-state index contributed by atoms with van der Waals surface area (Å²) in [5.41, 5.74) is 9.07. The van der Waals surface area contributed by atoms with Crippen LogP contribution in [0.3, 0.4) is 0 Å². The van der Waals surface area contributed by atoms with Gasteiger partial charge in [-0.05, 0) is 22.3 Å². The number of fused-ring (bicyclic) bond motifs is 2. The number of allylic oxidation sites excluding steroid dienone is 2. The number of rotatable bonds is 5. The number of hydrogen-bond acceptors (Lipinski definition) is 0. The van der Waals surface area contributed by atoms with Crippen LogP contribution in [0.2, 0.25) is 38.3 Å². The maximum Gasteiger partial charge on any atom is 0.0644 e. The van der Waals surface area contributed by atoms with Gasteiger partial charge in [0.25, 0.3) is 0 Å². The van der Waals surface area contributed by atoms with Gasteiger partial charge in [0.1, 0.15) is 0 Å². The van der Waals surface area contributed by atoms with Gasteiger partial charge in [-0.25, -0.2) is 0 Å². The summed E-state index contributed by atoms with van der Waals surface area (Å²) in [6.07, 6.45) is 9.44. The molecule has 0 saturated carbocycles. The first-order chi connectivity index (χ1) is 12.4. The van der Waals surface area contributed by atoms with Gasteiger partial charge in [0.2, 0.25) is 0 Å². The van der Waals surface area contributed by atoms with Gasteiger partial charge >= 0.3 is 0 Å². The van der Waals surface area contributed by atoms with Crippen molar-refractivity contribution < 1.29 is 0 Å². The fourth-order valence-electron chi connectivity index (χ4n) is 4.38. The summed E-state index contributed by atoms with van der Waals surface area (Å²) in [4.78, 5) is 0. The Bertz CT molecular complexity index is 800. The zero-order valence-electron chi connectivity index (χ0n) is 16.3. The normalized spacial score (nSPS) is 16.9. The maximum absolute atomic E-state index is 2.56. The van der Waals surface area contributed by atoms with E-state index in [2.05, 4.69) is 99.0 Å². The van der Waals surface area contributed by atoms with E-state index in [1.54, 1.807) is 11.1 Å². The Labute approximate surface area is 160 Å². The molecule has 2 aliphatic rings. The van der Waals surface area contributed by atoms with Crippen molar-refractivity contribution in [2.45, 2.75) is 38.3 Å². The maximum atomic E-state index is 2.56. The van der Waals surface area contributed by atoms with Gasteiger partial charge in [0.15, 0.2) is 0 Å². The summed E-state index contributed by atoms with van der Waals surface area (Å²) in [6.45, 7) is 10.2. The van der Waals surface area contributed by atoms with Gasteiger partial charge in [-0.3, -0.25) is 0 Å². The molecular formula is C24H28Si2. The van der Waals surface area contributed by atoms with Gasteiger partial charge in [-0.1, -0.05) is 111 Å². The van der Waals surface area contributed by atoms with Crippen molar-refractivity contribution >= 4 is 28.3 Å². The van der Waals surface area contributed by atoms with Crippen LogP contribution < -0.4 is 0 Å². The standard InChI is InChI=1S/C24H28Si2/c1-25(2,23-15-13-19-9-5-7-11-21(19)23)17-18-26(3,4)24-16-14-20-10-6-8-12-22(20)24/h5-16H,17-18H2,1-4H3. The number of hydrogen-bond donors (Lipinski definition) is 0. The SMILES string of the molecule is C[Si](C)(CC[Si](C)(C)[C]1C=Cc2ccccc21)[C]1C=Cc2ccccc21. The molecule has 2 aromatic carbocycles. The third-order valence-corrected chi connectivity index (χ3v) is 13.5. The highest BCUT2D eigenvalue weighted by atomic mass is 28.3. The lowest BCUT2D eigenvalue weighted by Gasteiger charge is -2.35. The highest BCUT2D eigenvalue weighted by Crippen LogP contribution is 2.43. The van der Waals surface area contributed by atoms with E-state index in [-0.39, 0.29) is 0 Å². The monoisotopic (exact) mass is 372 g/mol. The second-order valence-corrected chi connectivity index (χ2v) is 18.5. The molecule has 2 aliphatic carbocycles. The Morgan fingerprint density at radius 2 is 0.923 bits per heavy atom. The van der Waals surface area contributed by atoms with E-state index in [0.717, 1.165) is 0 Å². The first kappa shape index (κ1) is 17.8. The molecule has 26 heavy (non-hydrogen) atoms. The third-order valence-electron chi connectivity index (χ3n) is 6.19. The molecule has 0 heterocycles. The van der Waals surface area contributed by atoms with Gasteiger partial charge in [-0.2, -0.15) is 0 Å². The van der Waals surface area contributed by atoms with Crippen LogP contribution in [-0.4, -0.2) is 16.1 Å². The van der Waals surface area contributed by atoms with Crippen LogP contribution in [0.1, 0.15) is 22.3 Å². The lowest BCUT2D eigenvalue weighted by atomic mass is 10.1. The van der Waals surface area contributed by atoms with Crippen molar-refractivity contribution in [1.82, 2.24) is 0 Å². The van der Waals surface area contributed by atoms with Crippen LogP contribution in [0.25, 0.3) is 12.2 Å². The molecule has 0 aromatic heterocycles. The lowest BCUT2D eigenvalue weighted by Crippen LogP contribution is -2.40. The Kier molecular flexibility index (Phi) is 4.44. The van der Waals surface area contributed by atoms with E-state index >= 15 is 0 Å². The zero-order valence-corrected chi connectivity index (χ0v) is 18.3. The minimum absolute atomic E-state index is 1.37. The molecule has 0 N–H and O–H groups in total. The predicted molar refractivity (Wildman–Crippen MR) is 120 cm³/mol. The summed E-state index contributed by atoms with van der Waals surface area (Å²) in [5.74, 6) is 0. The average molecular weight is 373 g/mol. The highest BCUT2D eigenvalue weighted by Gasteiger charge is 2.40. The van der Waals surface area contributed by atoms with Crippen molar-refractivity contribution in [3.05, 3.63) is 94.0 Å². The number of benzene rings is 2. The van der Waals surface area contributed by atoms with Gasteiger partial charge in [0.05, 0.1) is 16.1 Å². The molecule has 132 valence electrons. The van der Waals surface area contributed by atoms with Crippen molar-refractivity contribution in [1.29, 1.82) is 0 Å². The van der Waals surface area contributed by atoms with E-state index in [0.29, 0.717) is 0 Å². The Hall–Kier alpha value is -1.65. The predicted octanol–water partition coefficient (Wildman–Crippen LogP) is 6.78. The topological polar surface area (TPSA) is 0 Å². The zero-order chi connectivity index (χ0) is 18.4. The molecule has 0 aliphatic heterocycles. The minimum Gasteiger partial charge on any atom is -0.0752 e. The van der Waals surface area contributed by atoms with Crippen LogP contribution in [0.5, 0.6) is 0 Å². The summed E-state index contributed by atoms with van der Waals surface area (Å²) in [7, 11) is -2.89. The first-order valence-electron chi connectivity index (χ1n) is 9.68. The molecule has 0 saturated heterocycles. The summed E-state index contributed by atoms with van der Waals surface area (Å²) in [5, 5.41) is 0. The van der Waals surface area contributed by atoms with Crippen molar-refractivity contribution in [3.63, 3.8) is 0 Å². The van der Waals surface area contributed by atoms with E-state index in [1.165, 1.54) is 34.3 Å². The second kappa shape index (κ2) is 6.51. The lowest BCUT2D eigenvalue weighted by molar-refractivity contribution is 1.22. The van der Waals surface area contributed by atoms with Crippen molar-refractivity contribution in [3.8, 4) is 0 Å². The molecular weight excluding hydrogens is 344 g/mol. The van der Waals surface area contributed by atoms with Crippen LogP contribution in [0, 0.1) is 11.1 Å². The molecule has 2 heteroatoms.